The number of ether oxygens (including phenoxy) is 1. The van der Waals surface area contributed by atoms with Crippen LogP contribution in [-0.2, 0) is 14.6 Å². The number of ketones is 1. The fourth-order valence-corrected chi connectivity index (χ4v) is 5.68. The molecule has 1 aliphatic carbocycles. The second-order valence-electron chi connectivity index (χ2n) is 6.71. The summed E-state index contributed by atoms with van der Waals surface area (Å²) < 4.78 is 31.2. The molecule has 10 heteroatoms. The van der Waals surface area contributed by atoms with Crippen molar-refractivity contribution in [2.45, 2.75) is 28.6 Å². The van der Waals surface area contributed by atoms with E-state index in [4.69, 9.17) is 16.3 Å². The number of sulfone groups is 1. The van der Waals surface area contributed by atoms with Crippen LogP contribution in [0, 0.1) is 0 Å². The number of H-pyrrole nitrogens is 1. The van der Waals surface area contributed by atoms with Crippen molar-refractivity contribution in [3.8, 4) is 0 Å². The van der Waals surface area contributed by atoms with Gasteiger partial charge in [0.25, 0.3) is 5.56 Å². The van der Waals surface area contributed by atoms with E-state index in [1.165, 1.54) is 24.6 Å². The predicted molar refractivity (Wildman–Crippen MR) is 123 cm³/mol. The SMILES string of the molecule is C=COCCSc1c(S(=O)(=O)C=C)ccc(C(=O)c2c(C3CC3)[nH]n(C=C)c2=O)c1Cl. The smallest absolute Gasteiger partial charge is 0.282 e. The highest BCUT2D eigenvalue weighted by molar-refractivity contribution is 8.00. The maximum atomic E-state index is 13.4. The Hall–Kier alpha value is -2.49. The van der Waals surface area contributed by atoms with Gasteiger partial charge >= 0.3 is 0 Å². The van der Waals surface area contributed by atoms with E-state index < -0.39 is 21.2 Å². The van der Waals surface area contributed by atoms with Crippen molar-refractivity contribution in [3.05, 3.63) is 75.7 Å². The van der Waals surface area contributed by atoms with Gasteiger partial charge in [-0.2, -0.15) is 0 Å². The summed E-state index contributed by atoms with van der Waals surface area (Å²) in [6.45, 7) is 10.7. The Bertz CT molecular complexity index is 1220. The minimum atomic E-state index is -3.82. The maximum absolute atomic E-state index is 13.4. The van der Waals surface area contributed by atoms with Gasteiger partial charge in [0, 0.05) is 33.7 Å². The van der Waals surface area contributed by atoms with Crippen LogP contribution < -0.4 is 5.56 Å². The number of carbonyl (C=O) groups is 1. The molecule has 0 amide bonds. The van der Waals surface area contributed by atoms with Gasteiger partial charge in [0.2, 0.25) is 5.78 Å². The third-order valence-corrected chi connectivity index (χ3v) is 7.84. The molecular formula is C21H21ClN2O5S2. The summed E-state index contributed by atoms with van der Waals surface area (Å²) in [6.07, 6.45) is 4.31. The number of thioether (sulfide) groups is 1. The van der Waals surface area contributed by atoms with Crippen LogP contribution >= 0.6 is 23.4 Å². The lowest BCUT2D eigenvalue weighted by Gasteiger charge is -2.13. The number of hydrogen-bond acceptors (Lipinski definition) is 6. The number of nitrogens with zero attached hydrogens (tertiary/aromatic N) is 1. The molecule has 164 valence electrons. The molecule has 3 rings (SSSR count). The van der Waals surface area contributed by atoms with Crippen LogP contribution in [0.15, 0.2) is 58.1 Å². The third-order valence-electron chi connectivity index (χ3n) is 4.74. The maximum Gasteiger partial charge on any atom is 0.282 e. The van der Waals surface area contributed by atoms with Crippen LogP contribution in [0.4, 0.5) is 0 Å². The van der Waals surface area contributed by atoms with Gasteiger partial charge in [0.1, 0.15) is 5.56 Å². The zero-order chi connectivity index (χ0) is 22.8. The fraction of sp³-hybridized carbons (Fsp3) is 0.238. The van der Waals surface area contributed by atoms with E-state index in [1.807, 2.05) is 0 Å². The van der Waals surface area contributed by atoms with Crippen molar-refractivity contribution < 1.29 is 17.9 Å². The average molecular weight is 481 g/mol. The Kier molecular flexibility index (Phi) is 6.98. The number of rotatable bonds is 11. The molecule has 1 aromatic carbocycles. The molecule has 1 saturated carbocycles. The molecule has 1 aromatic heterocycles. The topological polar surface area (TPSA) is 98.2 Å². The molecule has 1 fully saturated rings. The largest absolute Gasteiger partial charge is 0.501 e. The number of hydrogen-bond donors (Lipinski definition) is 1. The Balaban J connectivity index is 2.12. The molecule has 1 aliphatic rings. The van der Waals surface area contributed by atoms with Gasteiger partial charge in [0.05, 0.1) is 28.5 Å². The van der Waals surface area contributed by atoms with E-state index in [1.54, 1.807) is 0 Å². The number of aromatic nitrogens is 2. The second-order valence-corrected chi connectivity index (χ2v) is 10.1. The van der Waals surface area contributed by atoms with Crippen molar-refractivity contribution in [2.24, 2.45) is 0 Å². The molecule has 1 heterocycles. The average Bonchev–Trinajstić information content (AvgIpc) is 3.54. The van der Waals surface area contributed by atoms with E-state index in [9.17, 15) is 18.0 Å². The standard InChI is InChI=1S/C21H21ClN2O5S2/c1-4-24-21(26)16(18(23-24)13-7-8-13)19(25)14-9-10-15(31(27,28)6-3)20(17(14)22)30-12-11-29-5-2/h4-6,9-10,13,23H,1-3,7-8,11-12H2. The van der Waals surface area contributed by atoms with Crippen LogP contribution in [0.3, 0.4) is 0 Å². The van der Waals surface area contributed by atoms with Crippen LogP contribution in [0.25, 0.3) is 6.20 Å². The van der Waals surface area contributed by atoms with Crippen LogP contribution in [0.2, 0.25) is 5.02 Å². The lowest BCUT2D eigenvalue weighted by molar-refractivity contribution is 0.103. The molecule has 0 spiro atoms. The highest BCUT2D eigenvalue weighted by atomic mass is 35.5. The first-order chi connectivity index (χ1) is 14.8. The predicted octanol–water partition coefficient (Wildman–Crippen LogP) is 4.21. The highest BCUT2D eigenvalue weighted by Gasteiger charge is 2.34. The molecule has 31 heavy (non-hydrogen) atoms. The molecule has 1 N–H and O–H groups in total. The summed E-state index contributed by atoms with van der Waals surface area (Å²) in [5.74, 6) is -0.110. The van der Waals surface area contributed by atoms with E-state index in [0.717, 1.165) is 34.7 Å². The minimum absolute atomic E-state index is 0.00503. The quantitative estimate of drug-likeness (QED) is 0.224. The van der Waals surface area contributed by atoms with Gasteiger partial charge in [-0.3, -0.25) is 14.7 Å². The second kappa shape index (κ2) is 9.33. The van der Waals surface area contributed by atoms with Crippen molar-refractivity contribution in [1.82, 2.24) is 9.78 Å². The summed E-state index contributed by atoms with van der Waals surface area (Å²) in [5, 5.41) is 3.71. The molecule has 0 unspecified atom stereocenters. The molecule has 0 radical (unpaired) electrons. The Morgan fingerprint density at radius 2 is 2.03 bits per heavy atom. The number of nitrogens with one attached hydrogen (secondary N) is 1. The van der Waals surface area contributed by atoms with Gasteiger partial charge in [-0.1, -0.05) is 31.3 Å². The molecule has 2 aromatic rings. The summed E-state index contributed by atoms with van der Waals surface area (Å²) in [7, 11) is -3.82. The summed E-state index contributed by atoms with van der Waals surface area (Å²) in [4.78, 5) is 26.2. The summed E-state index contributed by atoms with van der Waals surface area (Å²) in [6, 6.07) is 2.63. The number of aromatic amines is 1. The summed E-state index contributed by atoms with van der Waals surface area (Å²) in [5.41, 5.74) is 0.0669. The van der Waals surface area contributed by atoms with Gasteiger partial charge in [-0.15, -0.1) is 11.8 Å². The first kappa shape index (κ1) is 23.2. The summed E-state index contributed by atoms with van der Waals surface area (Å²) >= 11 is 7.66. The van der Waals surface area contributed by atoms with Crippen molar-refractivity contribution in [1.29, 1.82) is 0 Å². The number of halogens is 1. The third kappa shape index (κ3) is 4.58. The lowest BCUT2D eigenvalue weighted by atomic mass is 10.0. The first-order valence-electron chi connectivity index (χ1n) is 9.33. The molecule has 0 saturated heterocycles. The molecule has 0 bridgehead atoms. The monoisotopic (exact) mass is 480 g/mol. The molecular weight excluding hydrogens is 460 g/mol. The van der Waals surface area contributed by atoms with Gasteiger partial charge in [-0.25, -0.2) is 13.1 Å². The van der Waals surface area contributed by atoms with E-state index >= 15 is 0 Å². The van der Waals surface area contributed by atoms with E-state index in [0.29, 0.717) is 11.4 Å². The number of benzene rings is 1. The Morgan fingerprint density at radius 1 is 1.32 bits per heavy atom. The fourth-order valence-electron chi connectivity index (χ4n) is 3.06. The zero-order valence-corrected chi connectivity index (χ0v) is 19.0. The zero-order valence-electron chi connectivity index (χ0n) is 16.6. The number of carbonyl (C=O) groups excluding carboxylic acids is 1. The van der Waals surface area contributed by atoms with Crippen molar-refractivity contribution in [3.63, 3.8) is 0 Å². The van der Waals surface area contributed by atoms with Gasteiger partial charge in [-0.05, 0) is 25.0 Å². The molecule has 0 atom stereocenters. The Morgan fingerprint density at radius 3 is 2.61 bits per heavy atom. The first-order valence-corrected chi connectivity index (χ1v) is 12.2. The minimum Gasteiger partial charge on any atom is -0.501 e. The normalized spacial score (nSPS) is 13.6. The van der Waals surface area contributed by atoms with Crippen LogP contribution in [-0.4, -0.2) is 36.3 Å². The highest BCUT2D eigenvalue weighted by Crippen LogP contribution is 2.42. The molecule has 0 aliphatic heterocycles. The lowest BCUT2D eigenvalue weighted by Crippen LogP contribution is -2.19. The van der Waals surface area contributed by atoms with Crippen molar-refractivity contribution >= 4 is 45.2 Å². The van der Waals surface area contributed by atoms with E-state index in [2.05, 4.69) is 24.8 Å². The van der Waals surface area contributed by atoms with Crippen molar-refractivity contribution in [2.75, 3.05) is 12.4 Å². The van der Waals surface area contributed by atoms with Crippen LogP contribution in [0.5, 0.6) is 0 Å². The molecule has 7 nitrogen and oxygen atoms in total. The van der Waals surface area contributed by atoms with Crippen LogP contribution in [0.1, 0.15) is 40.4 Å². The Labute approximate surface area is 189 Å². The van der Waals surface area contributed by atoms with Gasteiger partial charge in [0.15, 0.2) is 9.84 Å². The van der Waals surface area contributed by atoms with E-state index in [-0.39, 0.29) is 38.5 Å². The van der Waals surface area contributed by atoms with Gasteiger partial charge < -0.3 is 4.74 Å².